The number of aliphatic hydroxyl groups excluding tert-OH is 1. The molecule has 14 heavy (non-hydrogen) atoms. The molecule has 0 spiro atoms. The number of allylic oxidation sites excluding steroid dienone is 1. The zero-order valence-electron chi connectivity index (χ0n) is 8.25. The Morgan fingerprint density at radius 3 is 2.57 bits per heavy atom. The van der Waals surface area contributed by atoms with E-state index >= 15 is 0 Å². The zero-order valence-corrected chi connectivity index (χ0v) is 9.01. The SMILES string of the molecule is C=CC(=C)C(CO)(CCl)COC(C)=O. The Kier molecular flexibility index (Phi) is 5.50. The van der Waals surface area contributed by atoms with Crippen LogP contribution in [-0.4, -0.2) is 30.2 Å². The lowest BCUT2D eigenvalue weighted by Gasteiger charge is -2.29. The Balaban J connectivity index is 4.60. The van der Waals surface area contributed by atoms with Gasteiger partial charge in [-0.05, 0) is 5.57 Å². The van der Waals surface area contributed by atoms with E-state index in [1.807, 2.05) is 0 Å². The maximum atomic E-state index is 10.6. The number of alkyl halides is 1. The van der Waals surface area contributed by atoms with E-state index in [1.165, 1.54) is 13.0 Å². The first-order valence-electron chi connectivity index (χ1n) is 4.14. The van der Waals surface area contributed by atoms with Gasteiger partial charge in [0.05, 0.1) is 12.0 Å². The second-order valence-electron chi connectivity index (χ2n) is 3.08. The summed E-state index contributed by atoms with van der Waals surface area (Å²) in [6.07, 6.45) is 1.50. The lowest BCUT2D eigenvalue weighted by Crippen LogP contribution is -2.35. The highest BCUT2D eigenvalue weighted by Gasteiger charge is 2.32. The molecule has 0 saturated heterocycles. The van der Waals surface area contributed by atoms with Crippen LogP contribution in [0.4, 0.5) is 0 Å². The first kappa shape index (κ1) is 13.2. The Labute approximate surface area is 89.0 Å². The van der Waals surface area contributed by atoms with Crippen molar-refractivity contribution in [2.24, 2.45) is 5.41 Å². The Morgan fingerprint density at radius 2 is 2.29 bits per heavy atom. The molecule has 0 bridgehead atoms. The molecule has 80 valence electrons. The van der Waals surface area contributed by atoms with Gasteiger partial charge in [0.15, 0.2) is 0 Å². The zero-order chi connectivity index (χ0) is 11.2. The number of hydrogen-bond acceptors (Lipinski definition) is 3. The summed E-state index contributed by atoms with van der Waals surface area (Å²) in [6, 6.07) is 0. The molecule has 4 heteroatoms. The van der Waals surface area contributed by atoms with Gasteiger partial charge < -0.3 is 9.84 Å². The van der Waals surface area contributed by atoms with Crippen LogP contribution in [-0.2, 0) is 9.53 Å². The fourth-order valence-electron chi connectivity index (χ4n) is 0.863. The minimum absolute atomic E-state index is 0.0210. The summed E-state index contributed by atoms with van der Waals surface area (Å²) in [5.41, 5.74) is -0.245. The molecule has 0 heterocycles. The molecular formula is C10H15ClO3. The average molecular weight is 219 g/mol. The van der Waals surface area contributed by atoms with Gasteiger partial charge in [0.2, 0.25) is 0 Å². The maximum absolute atomic E-state index is 10.6. The quantitative estimate of drug-likeness (QED) is 0.418. The van der Waals surface area contributed by atoms with Crippen LogP contribution >= 0.6 is 11.6 Å². The third kappa shape index (κ3) is 3.16. The summed E-state index contributed by atoms with van der Waals surface area (Å²) in [4.78, 5) is 10.6. The highest BCUT2D eigenvalue weighted by molar-refractivity contribution is 6.18. The first-order valence-corrected chi connectivity index (χ1v) is 4.68. The van der Waals surface area contributed by atoms with Crippen LogP contribution in [0, 0.1) is 5.41 Å². The van der Waals surface area contributed by atoms with Gasteiger partial charge in [-0.15, -0.1) is 11.6 Å². The summed E-state index contributed by atoms with van der Waals surface area (Å²) in [5, 5.41) is 9.21. The van der Waals surface area contributed by atoms with E-state index in [1.54, 1.807) is 0 Å². The normalized spacial score (nSPS) is 14.2. The van der Waals surface area contributed by atoms with Crippen molar-refractivity contribution in [1.82, 2.24) is 0 Å². The molecule has 0 fully saturated rings. The lowest BCUT2D eigenvalue weighted by atomic mass is 9.84. The number of rotatable bonds is 6. The second-order valence-corrected chi connectivity index (χ2v) is 3.35. The second kappa shape index (κ2) is 5.83. The van der Waals surface area contributed by atoms with Crippen LogP contribution in [0.3, 0.4) is 0 Å². The van der Waals surface area contributed by atoms with Crippen molar-refractivity contribution in [2.45, 2.75) is 6.92 Å². The van der Waals surface area contributed by atoms with Crippen molar-refractivity contribution in [1.29, 1.82) is 0 Å². The molecule has 1 unspecified atom stereocenters. The molecule has 3 nitrogen and oxygen atoms in total. The molecule has 0 aliphatic heterocycles. The van der Waals surface area contributed by atoms with Gasteiger partial charge in [-0.2, -0.15) is 0 Å². The molecule has 0 amide bonds. The van der Waals surface area contributed by atoms with Crippen molar-refractivity contribution >= 4 is 17.6 Å². The molecule has 0 aromatic rings. The molecule has 0 saturated carbocycles. The predicted molar refractivity (Wildman–Crippen MR) is 56.2 cm³/mol. The number of esters is 1. The topological polar surface area (TPSA) is 46.5 Å². The van der Waals surface area contributed by atoms with E-state index in [2.05, 4.69) is 13.2 Å². The average Bonchev–Trinajstić information content (AvgIpc) is 2.19. The molecule has 0 rings (SSSR count). The molecular weight excluding hydrogens is 204 g/mol. The summed E-state index contributed by atoms with van der Waals surface area (Å²) in [5.74, 6) is -0.286. The highest BCUT2D eigenvalue weighted by atomic mass is 35.5. The van der Waals surface area contributed by atoms with Gasteiger partial charge in [-0.3, -0.25) is 4.79 Å². The third-order valence-electron chi connectivity index (χ3n) is 2.04. The van der Waals surface area contributed by atoms with Crippen LogP contribution < -0.4 is 0 Å². The fraction of sp³-hybridized carbons (Fsp3) is 0.500. The molecule has 0 aromatic heterocycles. The van der Waals surface area contributed by atoms with Crippen molar-refractivity contribution in [2.75, 3.05) is 19.1 Å². The Morgan fingerprint density at radius 1 is 1.71 bits per heavy atom. The van der Waals surface area contributed by atoms with Crippen LogP contribution in [0.5, 0.6) is 0 Å². The Hall–Kier alpha value is -0.800. The van der Waals surface area contributed by atoms with Crippen LogP contribution in [0.15, 0.2) is 24.8 Å². The molecule has 1 N–H and O–H groups in total. The number of ether oxygens (including phenoxy) is 1. The van der Waals surface area contributed by atoms with E-state index in [4.69, 9.17) is 16.3 Å². The van der Waals surface area contributed by atoms with Crippen molar-refractivity contribution < 1.29 is 14.6 Å². The number of hydrogen-bond donors (Lipinski definition) is 1. The largest absolute Gasteiger partial charge is 0.465 e. The summed E-state index contributed by atoms with van der Waals surface area (Å²) < 4.78 is 4.82. The predicted octanol–water partition coefficient (Wildman–Crippen LogP) is 1.51. The lowest BCUT2D eigenvalue weighted by molar-refractivity contribution is -0.144. The van der Waals surface area contributed by atoms with Gasteiger partial charge in [0.1, 0.15) is 6.61 Å². The van der Waals surface area contributed by atoms with Crippen LogP contribution in [0.2, 0.25) is 0 Å². The summed E-state index contributed by atoms with van der Waals surface area (Å²) >= 11 is 5.72. The molecule has 0 aliphatic carbocycles. The third-order valence-corrected chi connectivity index (χ3v) is 2.55. The molecule has 1 atom stereocenters. The Bertz CT molecular complexity index is 232. The summed E-state index contributed by atoms with van der Waals surface area (Å²) in [7, 11) is 0. The maximum Gasteiger partial charge on any atom is 0.302 e. The fourth-order valence-corrected chi connectivity index (χ4v) is 1.20. The van der Waals surface area contributed by atoms with Gasteiger partial charge in [-0.1, -0.05) is 19.2 Å². The number of carbonyl (C=O) groups excluding carboxylic acids is 1. The molecule has 0 aliphatic rings. The monoisotopic (exact) mass is 218 g/mol. The first-order chi connectivity index (χ1) is 6.52. The molecule has 0 aromatic carbocycles. The van der Waals surface area contributed by atoms with Gasteiger partial charge in [-0.25, -0.2) is 0 Å². The standard InChI is InChI=1S/C10H15ClO3/c1-4-8(2)10(5-11,6-12)7-14-9(3)13/h4,12H,1-2,5-7H2,3H3. The van der Waals surface area contributed by atoms with Gasteiger partial charge in [0.25, 0.3) is 0 Å². The smallest absolute Gasteiger partial charge is 0.302 e. The van der Waals surface area contributed by atoms with Crippen LogP contribution in [0.25, 0.3) is 0 Å². The highest BCUT2D eigenvalue weighted by Crippen LogP contribution is 2.28. The number of carbonyl (C=O) groups is 1. The minimum atomic E-state index is -0.811. The van der Waals surface area contributed by atoms with Crippen molar-refractivity contribution in [3.8, 4) is 0 Å². The van der Waals surface area contributed by atoms with Crippen molar-refractivity contribution in [3.05, 3.63) is 24.8 Å². The van der Waals surface area contributed by atoms with E-state index < -0.39 is 11.4 Å². The van der Waals surface area contributed by atoms with Gasteiger partial charge >= 0.3 is 5.97 Å². The van der Waals surface area contributed by atoms with E-state index in [0.29, 0.717) is 5.57 Å². The van der Waals surface area contributed by atoms with E-state index in [-0.39, 0.29) is 19.1 Å². The van der Waals surface area contributed by atoms with Gasteiger partial charge in [0, 0.05) is 12.8 Å². The van der Waals surface area contributed by atoms with E-state index in [9.17, 15) is 9.90 Å². The van der Waals surface area contributed by atoms with E-state index in [0.717, 1.165) is 0 Å². The van der Waals surface area contributed by atoms with Crippen LogP contribution in [0.1, 0.15) is 6.92 Å². The minimum Gasteiger partial charge on any atom is -0.465 e. The molecule has 0 radical (unpaired) electrons. The summed E-state index contributed by atoms with van der Waals surface area (Å²) in [6.45, 7) is 8.34. The number of halogens is 1. The number of aliphatic hydroxyl groups is 1. The van der Waals surface area contributed by atoms with Crippen molar-refractivity contribution in [3.63, 3.8) is 0 Å².